The van der Waals surface area contributed by atoms with Crippen molar-refractivity contribution in [3.8, 4) is 11.1 Å². The number of primary amides is 1. The Morgan fingerprint density at radius 1 is 1.19 bits per heavy atom. The van der Waals surface area contributed by atoms with Crippen molar-refractivity contribution in [1.29, 1.82) is 0 Å². The monoisotopic (exact) mass is 485 g/mol. The fraction of sp³-hybridized carbons (Fsp3) is 0.294. The lowest BCUT2D eigenvalue weighted by atomic mass is 10.0. The van der Waals surface area contributed by atoms with Crippen LogP contribution in [0.15, 0.2) is 18.3 Å². The van der Waals surface area contributed by atoms with E-state index in [9.17, 15) is 40.3 Å². The lowest BCUT2D eigenvalue weighted by Crippen LogP contribution is -2.39. The lowest BCUT2D eigenvalue weighted by molar-refractivity contribution is -0.144. The molecule has 3 rings (SSSR count). The van der Waals surface area contributed by atoms with E-state index in [-0.39, 0.29) is 17.7 Å². The molecule has 0 bridgehead atoms. The molecule has 1 aliphatic heterocycles. The average Bonchev–Trinajstić information content (AvgIpc) is 3.01. The zero-order valence-corrected chi connectivity index (χ0v) is 16.2. The van der Waals surface area contributed by atoms with E-state index in [0.717, 1.165) is 11.0 Å². The number of carbonyl (C=O) groups is 2. The smallest absolute Gasteiger partial charge is 0.368 e. The van der Waals surface area contributed by atoms with Gasteiger partial charge in [0.2, 0.25) is 5.91 Å². The van der Waals surface area contributed by atoms with Crippen molar-refractivity contribution in [1.82, 2.24) is 20.2 Å². The zero-order valence-electron chi connectivity index (χ0n) is 15.5. The lowest BCUT2D eigenvalue weighted by Gasteiger charge is -2.19. The fourth-order valence-corrected chi connectivity index (χ4v) is 3.23. The predicted octanol–water partition coefficient (Wildman–Crippen LogP) is 3.35. The van der Waals surface area contributed by atoms with E-state index in [1.807, 2.05) is 0 Å². The van der Waals surface area contributed by atoms with Crippen molar-refractivity contribution >= 4 is 23.5 Å². The molecule has 0 radical (unpaired) electrons. The minimum Gasteiger partial charge on any atom is -0.368 e. The van der Waals surface area contributed by atoms with E-state index in [1.54, 1.807) is 0 Å². The van der Waals surface area contributed by atoms with Gasteiger partial charge in [-0.3, -0.25) is 4.79 Å². The number of halogens is 8. The number of rotatable bonds is 4. The molecule has 0 aromatic carbocycles. The van der Waals surface area contributed by atoms with Gasteiger partial charge in [0.05, 0.1) is 23.8 Å². The molecule has 1 atom stereocenters. The van der Waals surface area contributed by atoms with Crippen LogP contribution in [0.4, 0.5) is 35.5 Å². The number of nitrogens with two attached hydrogens (primary N) is 1. The number of urea groups is 1. The Balaban J connectivity index is 2.10. The Morgan fingerprint density at radius 3 is 2.31 bits per heavy atom. The van der Waals surface area contributed by atoms with Crippen molar-refractivity contribution in [2.45, 2.75) is 24.9 Å². The highest BCUT2D eigenvalue weighted by molar-refractivity contribution is 6.31. The molecule has 3 N–H and O–H groups in total. The topological polar surface area (TPSA) is 101 Å². The third kappa shape index (κ3) is 4.69. The maximum atomic E-state index is 14.2. The van der Waals surface area contributed by atoms with Crippen LogP contribution < -0.4 is 11.1 Å². The van der Waals surface area contributed by atoms with Crippen LogP contribution in [0.3, 0.4) is 0 Å². The van der Waals surface area contributed by atoms with Crippen molar-refractivity contribution < 1.29 is 40.3 Å². The molecule has 0 saturated carbocycles. The molecule has 1 aliphatic rings. The van der Waals surface area contributed by atoms with Crippen LogP contribution in [-0.2, 0) is 23.7 Å². The largest absolute Gasteiger partial charge is 0.436 e. The fourth-order valence-electron chi connectivity index (χ4n) is 2.96. The molecule has 15 heteroatoms. The maximum absolute atomic E-state index is 14.2. The summed E-state index contributed by atoms with van der Waals surface area (Å²) in [5.74, 6) is -2.70. The highest BCUT2D eigenvalue weighted by atomic mass is 35.5. The molecule has 3 amide bonds. The summed E-state index contributed by atoms with van der Waals surface area (Å²) < 4.78 is 92.3. The standard InChI is InChI=1S/C17H11ClF7N5O2/c18-8-1-6(3-27-12(8)16(20,21)22)7-2-9(19)13(17(23,24)25)28-10(7)4-30-5-11(14(26)31)29-15(30)32/h1-3,11H,4-5H2,(H2,26,31)(H,29,32)/t11-/m0/s1. The number of carbonyl (C=O) groups excluding carboxylic acids is 2. The number of nitrogens with one attached hydrogen (secondary N) is 1. The second kappa shape index (κ2) is 8.07. The van der Waals surface area contributed by atoms with Crippen LogP contribution in [0.1, 0.15) is 17.1 Å². The third-order valence-electron chi connectivity index (χ3n) is 4.42. The van der Waals surface area contributed by atoms with Gasteiger partial charge in [0, 0.05) is 17.3 Å². The van der Waals surface area contributed by atoms with Gasteiger partial charge in [-0.15, -0.1) is 0 Å². The van der Waals surface area contributed by atoms with E-state index in [4.69, 9.17) is 17.3 Å². The van der Waals surface area contributed by atoms with Crippen molar-refractivity contribution in [2.24, 2.45) is 5.73 Å². The Hall–Kier alpha value is -3.16. The number of aromatic nitrogens is 2. The highest BCUT2D eigenvalue weighted by Crippen LogP contribution is 2.37. The van der Waals surface area contributed by atoms with E-state index in [1.165, 1.54) is 0 Å². The molecule has 1 fully saturated rings. The van der Waals surface area contributed by atoms with Gasteiger partial charge in [-0.1, -0.05) is 11.6 Å². The van der Waals surface area contributed by atoms with Gasteiger partial charge < -0.3 is 16.0 Å². The first-order valence-corrected chi connectivity index (χ1v) is 8.90. The summed E-state index contributed by atoms with van der Waals surface area (Å²) in [6.45, 7) is -0.965. The molecule has 3 heterocycles. The number of hydrogen-bond acceptors (Lipinski definition) is 4. The summed E-state index contributed by atoms with van der Waals surface area (Å²) in [6.07, 6.45) is -9.46. The Kier molecular flexibility index (Phi) is 5.93. The first-order chi connectivity index (χ1) is 14.7. The number of alkyl halides is 6. The maximum Gasteiger partial charge on any atom is 0.436 e. The minimum atomic E-state index is -5.20. The summed E-state index contributed by atoms with van der Waals surface area (Å²) >= 11 is 5.60. The summed E-state index contributed by atoms with van der Waals surface area (Å²) in [5.41, 5.74) is 0.577. The van der Waals surface area contributed by atoms with Crippen LogP contribution in [0.5, 0.6) is 0 Å². The Labute approximate surface area is 179 Å². The van der Waals surface area contributed by atoms with Crippen LogP contribution in [0.2, 0.25) is 5.02 Å². The molecule has 1 saturated heterocycles. The van der Waals surface area contributed by atoms with Gasteiger partial charge in [-0.25, -0.2) is 19.2 Å². The minimum absolute atomic E-state index is 0.274. The third-order valence-corrected chi connectivity index (χ3v) is 4.70. The summed E-state index contributed by atoms with van der Waals surface area (Å²) in [6, 6.07) is -0.842. The molecule has 0 spiro atoms. The first kappa shape index (κ1) is 23.5. The van der Waals surface area contributed by atoms with Crippen LogP contribution in [0.25, 0.3) is 11.1 Å². The Bertz CT molecular complexity index is 1090. The van der Waals surface area contributed by atoms with E-state index < -0.39 is 64.8 Å². The average molecular weight is 486 g/mol. The quantitative estimate of drug-likeness (QED) is 0.649. The van der Waals surface area contributed by atoms with Gasteiger partial charge in [0.15, 0.2) is 17.2 Å². The van der Waals surface area contributed by atoms with Gasteiger partial charge in [-0.05, 0) is 12.1 Å². The summed E-state index contributed by atoms with van der Waals surface area (Å²) in [4.78, 5) is 30.6. The molecular formula is C17H11ClF7N5O2. The van der Waals surface area contributed by atoms with E-state index in [0.29, 0.717) is 12.3 Å². The van der Waals surface area contributed by atoms with E-state index in [2.05, 4.69) is 15.3 Å². The molecule has 2 aromatic heterocycles. The normalized spacial score (nSPS) is 16.9. The Morgan fingerprint density at radius 2 is 1.81 bits per heavy atom. The second-order valence-electron chi connectivity index (χ2n) is 6.65. The molecular weight excluding hydrogens is 475 g/mol. The van der Waals surface area contributed by atoms with Crippen LogP contribution in [0, 0.1) is 5.82 Å². The molecule has 2 aromatic rings. The molecule has 0 unspecified atom stereocenters. The number of hydrogen-bond donors (Lipinski definition) is 2. The molecule has 32 heavy (non-hydrogen) atoms. The van der Waals surface area contributed by atoms with Crippen molar-refractivity contribution in [2.75, 3.05) is 6.54 Å². The number of nitrogens with zero attached hydrogens (tertiary/aromatic N) is 3. The van der Waals surface area contributed by atoms with Gasteiger partial charge in [-0.2, -0.15) is 26.3 Å². The number of pyridine rings is 2. The number of amides is 3. The van der Waals surface area contributed by atoms with Crippen LogP contribution in [-0.4, -0.2) is 39.4 Å². The molecule has 7 nitrogen and oxygen atoms in total. The van der Waals surface area contributed by atoms with E-state index >= 15 is 0 Å². The zero-order chi connectivity index (χ0) is 24.0. The summed E-state index contributed by atoms with van der Waals surface area (Å²) in [7, 11) is 0. The van der Waals surface area contributed by atoms with Gasteiger partial charge >= 0.3 is 18.4 Å². The van der Waals surface area contributed by atoms with Crippen molar-refractivity contribution in [3.05, 3.63) is 46.3 Å². The first-order valence-electron chi connectivity index (χ1n) is 8.53. The second-order valence-corrected chi connectivity index (χ2v) is 7.06. The summed E-state index contributed by atoms with van der Waals surface area (Å²) in [5, 5.41) is 1.32. The predicted molar refractivity (Wildman–Crippen MR) is 94.4 cm³/mol. The van der Waals surface area contributed by atoms with Gasteiger partial charge in [0.25, 0.3) is 0 Å². The van der Waals surface area contributed by atoms with Gasteiger partial charge in [0.1, 0.15) is 6.04 Å². The molecule has 172 valence electrons. The van der Waals surface area contributed by atoms with Crippen LogP contribution >= 0.6 is 11.6 Å². The molecule has 0 aliphatic carbocycles. The highest BCUT2D eigenvalue weighted by Gasteiger charge is 2.39. The van der Waals surface area contributed by atoms with Crippen molar-refractivity contribution in [3.63, 3.8) is 0 Å². The SMILES string of the molecule is NC(=O)[C@@H]1CN(Cc2nc(C(F)(F)F)c(F)cc2-c2cnc(C(F)(F)F)c(Cl)c2)C(=O)N1.